The Balaban J connectivity index is 1.51. The lowest BCUT2D eigenvalue weighted by Gasteiger charge is -2.14. The van der Waals surface area contributed by atoms with Gasteiger partial charge in [0.15, 0.2) is 5.78 Å². The summed E-state index contributed by atoms with van der Waals surface area (Å²) in [6.45, 7) is 0.165. The molecule has 2 aromatic heterocycles. The van der Waals surface area contributed by atoms with E-state index < -0.39 is 17.0 Å². The van der Waals surface area contributed by atoms with E-state index in [4.69, 9.17) is 5.73 Å². The number of Topliss-reactive ketones (excluding diaryl/α,β-unsaturated/α-hetero) is 1. The second-order valence-electron chi connectivity index (χ2n) is 8.11. The summed E-state index contributed by atoms with van der Waals surface area (Å²) in [5.74, 6) is 0.820. The molecule has 1 aliphatic rings. The summed E-state index contributed by atoms with van der Waals surface area (Å²) in [4.78, 5) is 42.7. The smallest absolute Gasteiger partial charge is 0.332 e. The van der Waals surface area contributed by atoms with E-state index in [0.717, 1.165) is 34.1 Å². The molecule has 0 spiro atoms. The summed E-state index contributed by atoms with van der Waals surface area (Å²) < 4.78 is 2.17. The summed E-state index contributed by atoms with van der Waals surface area (Å²) >= 11 is 1.15. The molecule has 3 aromatic rings. The normalized spacial score (nSPS) is 14.2. The minimum absolute atomic E-state index is 0.0519. The van der Waals surface area contributed by atoms with Crippen LogP contribution in [-0.2, 0) is 20.0 Å². The van der Waals surface area contributed by atoms with Crippen LogP contribution in [0.2, 0.25) is 0 Å². The zero-order valence-corrected chi connectivity index (χ0v) is 18.7. The number of carbonyl (C=O) groups is 1. The number of carbonyl (C=O) groups excluding carboxylic acids is 1. The lowest BCUT2D eigenvalue weighted by molar-refractivity contribution is 0.102. The van der Waals surface area contributed by atoms with Crippen LogP contribution < -0.4 is 17.0 Å². The third-order valence-electron chi connectivity index (χ3n) is 5.85. The Morgan fingerprint density at radius 2 is 1.94 bits per heavy atom. The van der Waals surface area contributed by atoms with Crippen LogP contribution in [0.5, 0.6) is 0 Å². The average Bonchev–Trinajstić information content (AvgIpc) is 3.47. The first-order chi connectivity index (χ1) is 15.4. The van der Waals surface area contributed by atoms with Gasteiger partial charge < -0.3 is 5.73 Å². The molecule has 1 fully saturated rings. The minimum atomic E-state index is -0.695. The number of benzene rings is 1. The van der Waals surface area contributed by atoms with Gasteiger partial charge >= 0.3 is 5.69 Å². The molecule has 9 nitrogen and oxygen atoms in total. The first kappa shape index (κ1) is 22.1. The average molecular weight is 455 g/mol. The molecule has 0 unspecified atom stereocenters. The van der Waals surface area contributed by atoms with Gasteiger partial charge in [0.1, 0.15) is 17.2 Å². The molecule has 1 aromatic carbocycles. The zero-order chi connectivity index (χ0) is 22.7. The number of rotatable bonds is 8. The topological polar surface area (TPSA) is 129 Å². The molecule has 32 heavy (non-hydrogen) atoms. The van der Waals surface area contributed by atoms with Crippen LogP contribution in [0, 0.1) is 5.92 Å². The molecule has 0 radical (unpaired) electrons. The summed E-state index contributed by atoms with van der Waals surface area (Å²) in [5, 5.41) is 7.58. The highest BCUT2D eigenvalue weighted by molar-refractivity contribution is 7.99. The van der Waals surface area contributed by atoms with E-state index in [1.165, 1.54) is 37.3 Å². The van der Waals surface area contributed by atoms with Gasteiger partial charge in [0.05, 0.1) is 12.3 Å². The van der Waals surface area contributed by atoms with Gasteiger partial charge in [-0.25, -0.2) is 9.78 Å². The van der Waals surface area contributed by atoms with E-state index >= 15 is 0 Å². The number of ketones is 1. The maximum absolute atomic E-state index is 12.9. The quantitative estimate of drug-likeness (QED) is 0.393. The molecule has 0 atom stereocenters. The molecule has 0 amide bonds. The predicted octanol–water partition coefficient (Wildman–Crippen LogP) is 2.00. The maximum Gasteiger partial charge on any atom is 0.332 e. The number of thioether (sulfide) groups is 1. The van der Waals surface area contributed by atoms with Crippen LogP contribution >= 0.6 is 11.8 Å². The van der Waals surface area contributed by atoms with Crippen LogP contribution in [0.15, 0.2) is 45.1 Å². The second kappa shape index (κ2) is 9.56. The number of hydrogen-bond donors (Lipinski definition) is 2. The lowest BCUT2D eigenvalue weighted by atomic mass is 10.0. The molecular weight excluding hydrogens is 428 g/mol. The molecule has 1 aliphatic carbocycles. The fourth-order valence-electron chi connectivity index (χ4n) is 4.09. The Morgan fingerprint density at radius 1 is 1.22 bits per heavy atom. The van der Waals surface area contributed by atoms with E-state index in [1.54, 1.807) is 0 Å². The fraction of sp³-hybridized carbons (Fsp3) is 0.409. The molecular formula is C22H26N6O3S. The minimum Gasteiger partial charge on any atom is -0.384 e. The van der Waals surface area contributed by atoms with E-state index in [2.05, 4.69) is 15.2 Å². The van der Waals surface area contributed by atoms with Crippen molar-refractivity contribution in [3.63, 3.8) is 0 Å². The largest absolute Gasteiger partial charge is 0.384 e. The summed E-state index contributed by atoms with van der Waals surface area (Å²) in [7, 11) is 1.35. The molecule has 10 heteroatoms. The lowest BCUT2D eigenvalue weighted by Crippen LogP contribution is -2.43. The van der Waals surface area contributed by atoms with Crippen molar-refractivity contribution in [2.24, 2.45) is 13.0 Å². The zero-order valence-electron chi connectivity index (χ0n) is 17.9. The number of anilines is 1. The van der Waals surface area contributed by atoms with Gasteiger partial charge in [-0.05, 0) is 11.5 Å². The van der Waals surface area contributed by atoms with Gasteiger partial charge in [-0.15, -0.1) is 5.10 Å². The highest BCUT2D eigenvalue weighted by Gasteiger charge is 2.23. The van der Waals surface area contributed by atoms with Gasteiger partial charge in [0.2, 0.25) is 5.16 Å². The van der Waals surface area contributed by atoms with Gasteiger partial charge in [0, 0.05) is 13.5 Å². The number of nitrogen functional groups attached to an aromatic ring is 1. The van der Waals surface area contributed by atoms with Crippen molar-refractivity contribution in [1.29, 1.82) is 0 Å². The summed E-state index contributed by atoms with van der Waals surface area (Å²) in [6.07, 6.45) is 5.81. The van der Waals surface area contributed by atoms with Crippen LogP contribution in [0.1, 0.15) is 47.4 Å². The summed E-state index contributed by atoms with van der Waals surface area (Å²) in [6, 6.07) is 9.25. The third-order valence-corrected chi connectivity index (χ3v) is 6.69. The number of H-pyrrole nitrogens is 1. The Kier molecular flexibility index (Phi) is 6.59. The Bertz CT molecular complexity index is 1220. The summed E-state index contributed by atoms with van der Waals surface area (Å²) in [5.41, 5.74) is 5.54. The van der Waals surface area contributed by atoms with E-state index in [1.807, 2.05) is 30.3 Å². The highest BCUT2D eigenvalue weighted by Crippen LogP contribution is 2.27. The van der Waals surface area contributed by atoms with E-state index in [-0.39, 0.29) is 23.7 Å². The molecule has 2 heterocycles. The standard InChI is InChI=1S/C22H26N6O3S/c1-27-20(30)18(19(23)28(22(27)31)12-15-9-3-2-4-10-15)16(29)13-32-21-24-17(25-26-21)11-14-7-5-6-8-14/h2-4,9-10,14H,5-8,11-13,23H2,1H3,(H,24,25,26). The van der Waals surface area contributed by atoms with Crippen molar-refractivity contribution in [3.8, 4) is 0 Å². The van der Waals surface area contributed by atoms with Crippen LogP contribution in [-0.4, -0.2) is 35.9 Å². The van der Waals surface area contributed by atoms with Crippen LogP contribution in [0.4, 0.5) is 5.82 Å². The first-order valence-electron chi connectivity index (χ1n) is 10.6. The molecule has 0 saturated heterocycles. The molecule has 0 aliphatic heterocycles. The Labute approximate surface area is 189 Å². The Hall–Kier alpha value is -3.14. The van der Waals surface area contributed by atoms with Crippen molar-refractivity contribution >= 4 is 23.4 Å². The molecule has 0 bridgehead atoms. The van der Waals surface area contributed by atoms with Gasteiger partial charge in [-0.1, -0.05) is 67.8 Å². The SMILES string of the molecule is Cn1c(=O)c(C(=O)CSc2n[nH]c(CC3CCCC3)n2)c(N)n(Cc2ccccc2)c1=O. The fourth-order valence-corrected chi connectivity index (χ4v) is 4.78. The number of aromatic amines is 1. The monoisotopic (exact) mass is 454 g/mol. The Morgan fingerprint density at radius 3 is 2.66 bits per heavy atom. The number of hydrogen-bond acceptors (Lipinski definition) is 7. The third kappa shape index (κ3) is 4.69. The van der Waals surface area contributed by atoms with Crippen molar-refractivity contribution in [2.45, 2.75) is 43.8 Å². The highest BCUT2D eigenvalue weighted by atomic mass is 32.2. The van der Waals surface area contributed by atoms with Crippen molar-refractivity contribution in [3.05, 3.63) is 68.1 Å². The van der Waals surface area contributed by atoms with Crippen molar-refractivity contribution in [1.82, 2.24) is 24.3 Å². The van der Waals surface area contributed by atoms with Gasteiger partial charge in [0.25, 0.3) is 5.56 Å². The number of nitrogens with one attached hydrogen (secondary N) is 1. The second-order valence-corrected chi connectivity index (χ2v) is 9.05. The van der Waals surface area contributed by atoms with E-state index in [0.29, 0.717) is 11.1 Å². The molecule has 168 valence electrons. The van der Waals surface area contributed by atoms with Crippen LogP contribution in [0.25, 0.3) is 0 Å². The van der Waals surface area contributed by atoms with Crippen molar-refractivity contribution < 1.29 is 4.79 Å². The number of nitrogens with two attached hydrogens (primary N) is 1. The van der Waals surface area contributed by atoms with E-state index in [9.17, 15) is 14.4 Å². The number of nitrogens with zero attached hydrogens (tertiary/aromatic N) is 4. The molecule has 3 N–H and O–H groups in total. The maximum atomic E-state index is 12.9. The van der Waals surface area contributed by atoms with Crippen molar-refractivity contribution in [2.75, 3.05) is 11.5 Å². The number of aromatic nitrogens is 5. The van der Waals surface area contributed by atoms with Gasteiger partial charge in [-0.3, -0.25) is 23.8 Å². The molecule has 1 saturated carbocycles. The van der Waals surface area contributed by atoms with Gasteiger partial charge in [-0.2, -0.15) is 0 Å². The van der Waals surface area contributed by atoms with Crippen LogP contribution in [0.3, 0.4) is 0 Å². The predicted molar refractivity (Wildman–Crippen MR) is 123 cm³/mol. The molecule has 4 rings (SSSR count). The first-order valence-corrected chi connectivity index (χ1v) is 11.6.